The molecule has 1 aliphatic rings. The van der Waals surface area contributed by atoms with Gasteiger partial charge in [0.25, 0.3) is 5.91 Å². The van der Waals surface area contributed by atoms with Gasteiger partial charge in [0.2, 0.25) is 0 Å². The summed E-state index contributed by atoms with van der Waals surface area (Å²) in [6, 6.07) is 14.4. The predicted octanol–water partition coefficient (Wildman–Crippen LogP) is 3.70. The molecule has 3 rings (SSSR count). The molecule has 1 fully saturated rings. The molecule has 0 spiro atoms. The Kier molecular flexibility index (Phi) is 5.48. The molecule has 2 aromatic carbocycles. The maximum absolute atomic E-state index is 13.3. The summed E-state index contributed by atoms with van der Waals surface area (Å²) in [5.74, 6) is -0.239. The van der Waals surface area contributed by atoms with Crippen molar-refractivity contribution in [3.63, 3.8) is 0 Å². The number of benzene rings is 2. The molecular weight excluding hydrogens is 327 g/mol. The third-order valence-corrected chi connectivity index (χ3v) is 4.60. The highest BCUT2D eigenvalue weighted by molar-refractivity contribution is 6.31. The Hall–Kier alpha value is -1.91. The zero-order valence-electron chi connectivity index (χ0n) is 13.3. The molecule has 0 bridgehead atoms. The monoisotopic (exact) mass is 346 g/mol. The zero-order chi connectivity index (χ0) is 16.9. The van der Waals surface area contributed by atoms with E-state index in [0.717, 1.165) is 26.1 Å². The number of amides is 1. The van der Waals surface area contributed by atoms with Crippen molar-refractivity contribution in [3.05, 3.63) is 70.5 Å². The molecule has 0 radical (unpaired) electrons. The Morgan fingerprint density at radius 3 is 2.79 bits per heavy atom. The fourth-order valence-corrected chi connectivity index (χ4v) is 3.37. The van der Waals surface area contributed by atoms with Crippen LogP contribution in [-0.2, 0) is 0 Å². The van der Waals surface area contributed by atoms with Gasteiger partial charge in [-0.1, -0.05) is 41.9 Å². The summed E-state index contributed by atoms with van der Waals surface area (Å²) in [4.78, 5) is 14.4. The minimum Gasteiger partial charge on any atom is -0.351 e. The van der Waals surface area contributed by atoms with E-state index in [-0.39, 0.29) is 16.5 Å². The molecule has 1 aliphatic heterocycles. The van der Waals surface area contributed by atoms with Gasteiger partial charge in [-0.15, -0.1) is 0 Å². The molecule has 1 saturated heterocycles. The van der Waals surface area contributed by atoms with Crippen LogP contribution in [0.3, 0.4) is 0 Å². The SMILES string of the molecule is O=C(NCCN1CCC(c2ccccc2)C1)c1cc(F)cc(Cl)c1. The summed E-state index contributed by atoms with van der Waals surface area (Å²) < 4.78 is 13.3. The van der Waals surface area contributed by atoms with Gasteiger partial charge in [0, 0.05) is 30.2 Å². The highest BCUT2D eigenvalue weighted by Crippen LogP contribution is 2.26. The normalized spacial score (nSPS) is 17.8. The molecular formula is C19H20ClFN2O. The second kappa shape index (κ2) is 7.77. The number of carbonyl (C=O) groups is 1. The van der Waals surface area contributed by atoms with Crippen LogP contribution in [0.15, 0.2) is 48.5 Å². The van der Waals surface area contributed by atoms with E-state index in [0.29, 0.717) is 12.5 Å². The molecule has 1 amide bonds. The summed E-state index contributed by atoms with van der Waals surface area (Å²) in [5, 5.41) is 3.06. The average Bonchev–Trinajstić information content (AvgIpc) is 3.03. The van der Waals surface area contributed by atoms with Crippen molar-refractivity contribution < 1.29 is 9.18 Å². The Morgan fingerprint density at radius 2 is 2.04 bits per heavy atom. The smallest absolute Gasteiger partial charge is 0.251 e. The second-order valence-electron chi connectivity index (χ2n) is 6.11. The van der Waals surface area contributed by atoms with Gasteiger partial charge < -0.3 is 10.2 Å². The van der Waals surface area contributed by atoms with E-state index >= 15 is 0 Å². The summed E-state index contributed by atoms with van der Waals surface area (Å²) in [6.45, 7) is 3.36. The lowest BCUT2D eigenvalue weighted by atomic mass is 9.99. The molecule has 1 heterocycles. The Balaban J connectivity index is 1.46. The fourth-order valence-electron chi connectivity index (χ4n) is 3.15. The minimum absolute atomic E-state index is 0.227. The lowest BCUT2D eigenvalue weighted by Crippen LogP contribution is -2.33. The first-order valence-electron chi connectivity index (χ1n) is 8.13. The Labute approximate surface area is 146 Å². The fraction of sp³-hybridized carbons (Fsp3) is 0.316. The molecule has 1 atom stereocenters. The van der Waals surface area contributed by atoms with Gasteiger partial charge in [0.15, 0.2) is 0 Å². The third kappa shape index (κ3) is 4.34. The first-order valence-corrected chi connectivity index (χ1v) is 8.51. The zero-order valence-corrected chi connectivity index (χ0v) is 14.1. The predicted molar refractivity (Wildman–Crippen MR) is 94.0 cm³/mol. The summed E-state index contributed by atoms with van der Waals surface area (Å²) in [5.41, 5.74) is 1.63. The summed E-state index contributed by atoms with van der Waals surface area (Å²) in [7, 11) is 0. The molecule has 2 aromatic rings. The number of carbonyl (C=O) groups excluding carboxylic acids is 1. The van der Waals surface area contributed by atoms with Crippen LogP contribution in [0.4, 0.5) is 4.39 Å². The summed E-state index contributed by atoms with van der Waals surface area (Å²) in [6.07, 6.45) is 1.14. The van der Waals surface area contributed by atoms with E-state index in [4.69, 9.17) is 11.6 Å². The van der Waals surface area contributed by atoms with Crippen molar-refractivity contribution in [1.82, 2.24) is 10.2 Å². The van der Waals surface area contributed by atoms with Crippen LogP contribution in [0.5, 0.6) is 0 Å². The Bertz CT molecular complexity index is 688. The van der Waals surface area contributed by atoms with Crippen LogP contribution in [0.25, 0.3) is 0 Å². The van der Waals surface area contributed by atoms with Crippen molar-refractivity contribution in [3.8, 4) is 0 Å². The maximum Gasteiger partial charge on any atom is 0.251 e. The van der Waals surface area contributed by atoms with Crippen LogP contribution in [0.1, 0.15) is 28.3 Å². The van der Waals surface area contributed by atoms with Gasteiger partial charge in [0.1, 0.15) is 5.82 Å². The number of hydrogen-bond acceptors (Lipinski definition) is 2. The van der Waals surface area contributed by atoms with E-state index in [1.54, 1.807) is 0 Å². The lowest BCUT2D eigenvalue weighted by Gasteiger charge is -2.16. The first kappa shape index (κ1) is 16.9. The molecule has 5 heteroatoms. The first-order chi connectivity index (χ1) is 11.6. The molecule has 24 heavy (non-hydrogen) atoms. The van der Waals surface area contributed by atoms with Crippen LogP contribution >= 0.6 is 11.6 Å². The standard InChI is InChI=1S/C19H20ClFN2O/c20-17-10-16(11-18(21)12-17)19(24)22-7-9-23-8-6-15(13-23)14-4-2-1-3-5-14/h1-5,10-12,15H,6-9,13H2,(H,22,24). The number of likely N-dealkylation sites (tertiary alicyclic amines) is 1. The van der Waals surface area contributed by atoms with Crippen LogP contribution < -0.4 is 5.32 Å². The van der Waals surface area contributed by atoms with E-state index in [9.17, 15) is 9.18 Å². The van der Waals surface area contributed by atoms with Gasteiger partial charge in [0.05, 0.1) is 0 Å². The van der Waals surface area contributed by atoms with Crippen molar-refractivity contribution in [2.24, 2.45) is 0 Å². The number of halogens is 2. The lowest BCUT2D eigenvalue weighted by molar-refractivity contribution is 0.0949. The van der Waals surface area contributed by atoms with Gasteiger partial charge >= 0.3 is 0 Å². The number of nitrogens with zero attached hydrogens (tertiary/aromatic N) is 1. The Morgan fingerprint density at radius 1 is 1.25 bits per heavy atom. The van der Waals surface area contributed by atoms with Crippen molar-refractivity contribution in [2.75, 3.05) is 26.2 Å². The topological polar surface area (TPSA) is 32.3 Å². The molecule has 0 saturated carbocycles. The van der Waals surface area contributed by atoms with Crippen molar-refractivity contribution >= 4 is 17.5 Å². The highest BCUT2D eigenvalue weighted by Gasteiger charge is 2.23. The molecule has 126 valence electrons. The molecule has 1 N–H and O–H groups in total. The van der Waals surface area contributed by atoms with Crippen LogP contribution in [0.2, 0.25) is 5.02 Å². The van der Waals surface area contributed by atoms with Crippen LogP contribution in [0, 0.1) is 5.82 Å². The number of hydrogen-bond donors (Lipinski definition) is 1. The average molecular weight is 347 g/mol. The number of rotatable bonds is 5. The largest absolute Gasteiger partial charge is 0.351 e. The maximum atomic E-state index is 13.3. The van der Waals surface area contributed by atoms with Crippen LogP contribution in [-0.4, -0.2) is 37.0 Å². The van der Waals surface area contributed by atoms with Gasteiger partial charge in [-0.25, -0.2) is 4.39 Å². The number of nitrogens with one attached hydrogen (secondary N) is 1. The third-order valence-electron chi connectivity index (χ3n) is 4.38. The molecule has 1 unspecified atom stereocenters. The highest BCUT2D eigenvalue weighted by atomic mass is 35.5. The van der Waals surface area contributed by atoms with Crippen molar-refractivity contribution in [2.45, 2.75) is 12.3 Å². The van der Waals surface area contributed by atoms with Crippen molar-refractivity contribution in [1.29, 1.82) is 0 Å². The van der Waals surface area contributed by atoms with Gasteiger partial charge in [-0.05, 0) is 42.6 Å². The van der Waals surface area contributed by atoms with E-state index < -0.39 is 5.82 Å². The molecule has 0 aromatic heterocycles. The molecule has 3 nitrogen and oxygen atoms in total. The van der Waals surface area contributed by atoms with Gasteiger partial charge in [-0.3, -0.25) is 4.79 Å². The van der Waals surface area contributed by atoms with Gasteiger partial charge in [-0.2, -0.15) is 0 Å². The second-order valence-corrected chi connectivity index (χ2v) is 6.55. The van der Waals surface area contributed by atoms with E-state index in [2.05, 4.69) is 34.5 Å². The minimum atomic E-state index is -0.502. The quantitative estimate of drug-likeness (QED) is 0.895. The summed E-state index contributed by atoms with van der Waals surface area (Å²) >= 11 is 5.78. The molecule has 0 aliphatic carbocycles. The van der Waals surface area contributed by atoms with E-state index in [1.165, 1.54) is 23.8 Å². The van der Waals surface area contributed by atoms with E-state index in [1.807, 2.05) is 6.07 Å².